The third-order valence-electron chi connectivity index (χ3n) is 7.62. The minimum atomic E-state index is -0.0141. The Morgan fingerprint density at radius 2 is 1.68 bits per heavy atom. The van der Waals surface area contributed by atoms with Gasteiger partial charge in [-0.1, -0.05) is 42.5 Å². The highest BCUT2D eigenvalue weighted by Gasteiger charge is 2.29. The van der Waals surface area contributed by atoms with E-state index in [-0.39, 0.29) is 6.04 Å². The zero-order valence-corrected chi connectivity index (χ0v) is 22.3. The molecule has 3 aromatic heterocycles. The number of hydrogen-bond acceptors (Lipinski definition) is 5. The van der Waals surface area contributed by atoms with Gasteiger partial charge in [0.05, 0.1) is 29.9 Å². The summed E-state index contributed by atoms with van der Waals surface area (Å²) in [5.41, 5.74) is 11.6. The average Bonchev–Trinajstić information content (AvgIpc) is 3.59. The van der Waals surface area contributed by atoms with Crippen molar-refractivity contribution in [3.05, 3.63) is 132 Å². The fraction of sp³-hybridized carbons (Fsp3) is 0.118. The fourth-order valence-corrected chi connectivity index (χ4v) is 5.50. The summed E-state index contributed by atoms with van der Waals surface area (Å²) in [6, 6.07) is 28.9. The van der Waals surface area contributed by atoms with Crippen molar-refractivity contribution in [1.29, 1.82) is 0 Å². The summed E-state index contributed by atoms with van der Waals surface area (Å²) in [5, 5.41) is 0. The first-order valence-electron chi connectivity index (χ1n) is 13.3. The molecule has 1 atom stereocenters. The summed E-state index contributed by atoms with van der Waals surface area (Å²) in [4.78, 5) is 22.8. The van der Waals surface area contributed by atoms with Gasteiger partial charge in [0, 0.05) is 35.3 Å². The number of rotatable bonds is 6. The highest BCUT2D eigenvalue weighted by atomic mass is 16.5. The van der Waals surface area contributed by atoms with Gasteiger partial charge in [-0.15, -0.1) is 0 Å². The van der Waals surface area contributed by atoms with Crippen LogP contribution in [-0.2, 0) is 6.42 Å². The normalized spacial score (nSPS) is 14.2. The number of nitrogens with zero attached hydrogens (tertiary/aromatic N) is 4. The predicted molar refractivity (Wildman–Crippen MR) is 159 cm³/mol. The van der Waals surface area contributed by atoms with Gasteiger partial charge in [0.25, 0.3) is 0 Å². The van der Waals surface area contributed by atoms with Crippen LogP contribution in [0.4, 0.5) is 0 Å². The van der Waals surface area contributed by atoms with E-state index in [2.05, 4.69) is 52.2 Å². The van der Waals surface area contributed by atoms with Crippen LogP contribution in [0.5, 0.6) is 5.75 Å². The second kappa shape index (κ2) is 9.89. The van der Waals surface area contributed by atoms with E-state index >= 15 is 0 Å². The number of aromatic amines is 1. The Hall–Kier alpha value is -5.10. The summed E-state index contributed by atoms with van der Waals surface area (Å²) in [6.45, 7) is 2.13. The number of ether oxygens (including phenoxy) is 1. The first-order valence-corrected chi connectivity index (χ1v) is 13.3. The number of para-hydroxylation sites is 2. The van der Waals surface area contributed by atoms with E-state index in [4.69, 9.17) is 14.7 Å². The van der Waals surface area contributed by atoms with E-state index in [9.17, 15) is 0 Å². The Bertz CT molecular complexity index is 1840. The number of H-pyrrole nitrogens is 1. The molecule has 0 bridgehead atoms. The second-order valence-electron chi connectivity index (χ2n) is 10.0. The van der Waals surface area contributed by atoms with E-state index in [0.717, 1.165) is 68.3 Å². The lowest BCUT2D eigenvalue weighted by Crippen LogP contribution is -2.04. The molecule has 194 valence electrons. The summed E-state index contributed by atoms with van der Waals surface area (Å²) < 4.78 is 5.35. The summed E-state index contributed by atoms with van der Waals surface area (Å²) >= 11 is 0. The van der Waals surface area contributed by atoms with Crippen molar-refractivity contribution in [2.75, 3.05) is 7.11 Å². The lowest BCUT2D eigenvalue weighted by atomic mass is 9.91. The highest BCUT2D eigenvalue weighted by Crippen LogP contribution is 2.38. The molecule has 3 aromatic carbocycles. The van der Waals surface area contributed by atoms with Crippen LogP contribution in [0.1, 0.15) is 34.1 Å². The van der Waals surface area contributed by atoms with Gasteiger partial charge in [0.2, 0.25) is 0 Å². The van der Waals surface area contributed by atoms with Gasteiger partial charge in [-0.05, 0) is 78.1 Å². The van der Waals surface area contributed by atoms with Crippen LogP contribution < -0.4 is 4.74 Å². The Balaban J connectivity index is 1.33. The lowest BCUT2D eigenvalue weighted by Gasteiger charge is -2.14. The van der Waals surface area contributed by atoms with Crippen molar-refractivity contribution >= 4 is 16.7 Å². The summed E-state index contributed by atoms with van der Waals surface area (Å²) in [7, 11) is 1.69. The van der Waals surface area contributed by atoms with Crippen molar-refractivity contribution in [1.82, 2.24) is 19.9 Å². The molecule has 0 amide bonds. The quantitative estimate of drug-likeness (QED) is 0.253. The molecule has 0 aliphatic carbocycles. The molecule has 1 unspecified atom stereocenters. The largest absolute Gasteiger partial charge is 0.497 e. The van der Waals surface area contributed by atoms with Gasteiger partial charge in [-0.25, -0.2) is 4.98 Å². The number of methoxy groups -OCH3 is 1. The Morgan fingerprint density at radius 3 is 2.48 bits per heavy atom. The molecule has 1 aliphatic heterocycles. The smallest absolute Gasteiger partial charge is 0.157 e. The molecule has 6 nitrogen and oxygen atoms in total. The number of nitrogens with one attached hydrogen (secondary N) is 1. The molecule has 0 radical (unpaired) electrons. The van der Waals surface area contributed by atoms with Gasteiger partial charge in [0.15, 0.2) is 5.82 Å². The molecule has 4 heterocycles. The number of aliphatic imine (C=N–C) groups is 1. The number of aromatic nitrogens is 4. The van der Waals surface area contributed by atoms with E-state index in [1.54, 1.807) is 7.11 Å². The number of hydrogen-bond donors (Lipinski definition) is 1. The molecule has 1 aliphatic rings. The lowest BCUT2D eigenvalue weighted by molar-refractivity contribution is 0.414. The topological polar surface area (TPSA) is 76.1 Å². The SMILES string of the molecule is COc1ccc(CC2N=C(c3nc4ccccc4[nH]3)c3cc(-c4cncc(-c5ccccn5)c4C)ccc32)cc1. The monoisotopic (exact) mass is 521 g/mol. The highest BCUT2D eigenvalue weighted by molar-refractivity contribution is 6.15. The van der Waals surface area contributed by atoms with Gasteiger partial charge < -0.3 is 9.72 Å². The summed E-state index contributed by atoms with van der Waals surface area (Å²) in [5.74, 6) is 1.64. The Kier molecular flexibility index (Phi) is 5.93. The number of pyridine rings is 2. The van der Waals surface area contributed by atoms with E-state index in [1.807, 2.05) is 73.2 Å². The molecule has 0 spiro atoms. The van der Waals surface area contributed by atoms with Crippen LogP contribution >= 0.6 is 0 Å². The number of imidazole rings is 1. The van der Waals surface area contributed by atoms with Gasteiger partial charge in [0.1, 0.15) is 11.5 Å². The molecule has 1 N–H and O–H groups in total. The van der Waals surface area contributed by atoms with E-state index in [1.165, 1.54) is 11.1 Å². The standard InChI is InChI=1S/C34H27N5O/c1-21-27(19-35-20-28(21)29-7-5-6-16-36-29)23-12-15-25-26(18-23)33(34-38-30-8-3-4-9-31(30)39-34)37-32(25)17-22-10-13-24(40-2)14-11-22/h3-16,18-20,32H,17H2,1-2H3,(H,38,39). The van der Waals surface area contributed by atoms with Gasteiger partial charge >= 0.3 is 0 Å². The van der Waals surface area contributed by atoms with Crippen LogP contribution in [0, 0.1) is 6.92 Å². The van der Waals surface area contributed by atoms with E-state index < -0.39 is 0 Å². The van der Waals surface area contributed by atoms with Crippen LogP contribution in [-0.4, -0.2) is 32.8 Å². The molecule has 0 saturated carbocycles. The fourth-order valence-electron chi connectivity index (χ4n) is 5.50. The Morgan fingerprint density at radius 1 is 0.850 bits per heavy atom. The average molecular weight is 522 g/mol. The van der Waals surface area contributed by atoms with Gasteiger partial charge in [-0.2, -0.15) is 0 Å². The molecular formula is C34H27N5O. The van der Waals surface area contributed by atoms with Crippen molar-refractivity contribution in [2.24, 2.45) is 4.99 Å². The van der Waals surface area contributed by atoms with Gasteiger partial charge in [-0.3, -0.25) is 15.0 Å². The maximum atomic E-state index is 5.35. The third kappa shape index (κ3) is 4.24. The van der Waals surface area contributed by atoms with Crippen LogP contribution in [0.15, 0.2) is 109 Å². The van der Waals surface area contributed by atoms with Crippen molar-refractivity contribution < 1.29 is 4.74 Å². The predicted octanol–water partition coefficient (Wildman–Crippen LogP) is 7.14. The molecule has 6 heteroatoms. The Labute approximate surface area is 232 Å². The van der Waals surface area contributed by atoms with Crippen LogP contribution in [0.2, 0.25) is 0 Å². The molecule has 7 rings (SSSR count). The maximum Gasteiger partial charge on any atom is 0.157 e. The molecule has 0 saturated heterocycles. The zero-order valence-electron chi connectivity index (χ0n) is 22.3. The summed E-state index contributed by atoms with van der Waals surface area (Å²) in [6.07, 6.45) is 6.43. The first kappa shape index (κ1) is 24.0. The number of fused-ring (bicyclic) bond motifs is 2. The molecule has 0 fully saturated rings. The zero-order chi connectivity index (χ0) is 27.1. The maximum absolute atomic E-state index is 5.35. The minimum Gasteiger partial charge on any atom is -0.497 e. The van der Waals surface area contributed by atoms with Crippen LogP contribution in [0.25, 0.3) is 33.4 Å². The van der Waals surface area contributed by atoms with Crippen molar-refractivity contribution in [3.8, 4) is 28.1 Å². The van der Waals surface area contributed by atoms with Crippen molar-refractivity contribution in [2.45, 2.75) is 19.4 Å². The third-order valence-corrected chi connectivity index (χ3v) is 7.62. The number of benzene rings is 3. The second-order valence-corrected chi connectivity index (χ2v) is 10.0. The van der Waals surface area contributed by atoms with Crippen LogP contribution in [0.3, 0.4) is 0 Å². The first-order chi connectivity index (χ1) is 19.7. The van der Waals surface area contributed by atoms with Crippen molar-refractivity contribution in [3.63, 3.8) is 0 Å². The molecular weight excluding hydrogens is 494 g/mol. The molecule has 40 heavy (non-hydrogen) atoms. The minimum absolute atomic E-state index is 0.0141. The van der Waals surface area contributed by atoms with E-state index in [0.29, 0.717) is 0 Å². The molecule has 6 aromatic rings.